The third kappa shape index (κ3) is 6.95. The summed E-state index contributed by atoms with van der Waals surface area (Å²) in [4.78, 5) is 35.7. The number of nitrogens with one attached hydrogen (secondary N) is 2. The quantitative estimate of drug-likeness (QED) is 0.654. The fourth-order valence-corrected chi connectivity index (χ4v) is 2.46. The Hall–Kier alpha value is -2.15. The van der Waals surface area contributed by atoms with Crippen LogP contribution in [0.5, 0.6) is 0 Å². The molecule has 6 nitrogen and oxygen atoms in total. The zero-order valence-electron chi connectivity index (χ0n) is 13.7. The van der Waals surface area contributed by atoms with Crippen LogP contribution in [0.4, 0.5) is 0 Å². The number of carbonyl (C=O) groups is 3. The van der Waals surface area contributed by atoms with Crippen LogP contribution in [-0.2, 0) is 25.5 Å². The molecule has 1 aromatic carbocycles. The van der Waals surface area contributed by atoms with Crippen molar-refractivity contribution in [3.63, 3.8) is 0 Å². The molecule has 0 aliphatic rings. The molecule has 7 heteroatoms. The lowest BCUT2D eigenvalue weighted by atomic mass is 10.0. The number of benzene rings is 1. The van der Waals surface area contributed by atoms with Gasteiger partial charge in [0, 0.05) is 19.8 Å². The second-order valence-corrected chi connectivity index (χ2v) is 6.37. The van der Waals surface area contributed by atoms with Crippen molar-refractivity contribution in [3.05, 3.63) is 47.0 Å². The smallest absolute Gasteiger partial charge is 0.328 e. The van der Waals surface area contributed by atoms with Gasteiger partial charge in [0.1, 0.15) is 12.1 Å². The van der Waals surface area contributed by atoms with Gasteiger partial charge in [-0.3, -0.25) is 9.59 Å². The Balaban J connectivity index is 2.87. The first-order valence-electron chi connectivity index (χ1n) is 7.36. The maximum Gasteiger partial charge on any atom is 0.328 e. The van der Waals surface area contributed by atoms with Crippen LogP contribution in [0.1, 0.15) is 18.9 Å². The van der Waals surface area contributed by atoms with Gasteiger partial charge in [0.25, 0.3) is 0 Å². The predicted octanol–water partition coefficient (Wildman–Crippen LogP) is 1.69. The van der Waals surface area contributed by atoms with Crippen molar-refractivity contribution in [2.45, 2.75) is 31.8 Å². The Bertz CT molecular complexity index is 604. The van der Waals surface area contributed by atoms with Crippen molar-refractivity contribution in [2.24, 2.45) is 0 Å². The topological polar surface area (TPSA) is 84.5 Å². The second kappa shape index (κ2) is 9.87. The van der Waals surface area contributed by atoms with Crippen LogP contribution in [-0.4, -0.2) is 37.0 Å². The van der Waals surface area contributed by atoms with Gasteiger partial charge in [-0.2, -0.15) is 0 Å². The van der Waals surface area contributed by atoms with Crippen LogP contribution in [0, 0.1) is 0 Å². The molecule has 0 fully saturated rings. The average molecular weight is 397 g/mol. The van der Waals surface area contributed by atoms with E-state index < -0.39 is 24.0 Å². The van der Waals surface area contributed by atoms with Gasteiger partial charge in [-0.15, -0.1) is 0 Å². The summed E-state index contributed by atoms with van der Waals surface area (Å²) >= 11 is 3.17. The maximum absolute atomic E-state index is 12.5. The average Bonchev–Trinajstić information content (AvgIpc) is 2.53. The highest BCUT2D eigenvalue weighted by molar-refractivity contribution is 9.11. The standard InChI is InChI=1S/C17H21BrN2O4/c1-11(18)9-15(17(23)24-3)20-16(22)14(19-12(2)21)10-13-7-5-4-6-8-13/h4-8,14-15H,1,9-10H2,2-3H3,(H,19,21)(H,20,22)/t14-,15-/m1/s1. The van der Waals surface area contributed by atoms with Crippen molar-refractivity contribution >= 4 is 33.7 Å². The van der Waals surface area contributed by atoms with E-state index in [0.717, 1.165) is 5.56 Å². The van der Waals surface area contributed by atoms with Crippen LogP contribution < -0.4 is 10.6 Å². The molecule has 2 atom stereocenters. The van der Waals surface area contributed by atoms with Gasteiger partial charge in [0.05, 0.1) is 7.11 Å². The van der Waals surface area contributed by atoms with Gasteiger partial charge in [-0.1, -0.05) is 52.8 Å². The molecule has 0 saturated heterocycles. The lowest BCUT2D eigenvalue weighted by molar-refractivity contribution is -0.145. The number of esters is 1. The van der Waals surface area contributed by atoms with E-state index in [4.69, 9.17) is 4.74 Å². The number of rotatable bonds is 8. The summed E-state index contributed by atoms with van der Waals surface area (Å²) in [5, 5.41) is 5.21. The summed E-state index contributed by atoms with van der Waals surface area (Å²) in [6.07, 6.45) is 0.506. The largest absolute Gasteiger partial charge is 0.467 e. The SMILES string of the molecule is C=C(Br)C[C@@H](NC(=O)[C@@H](Cc1ccccc1)NC(C)=O)C(=O)OC. The molecule has 0 aliphatic carbocycles. The molecule has 2 N–H and O–H groups in total. The zero-order chi connectivity index (χ0) is 18.1. The molecule has 0 spiro atoms. The number of hydrogen-bond acceptors (Lipinski definition) is 4. The minimum atomic E-state index is -0.874. The number of amides is 2. The van der Waals surface area contributed by atoms with E-state index in [9.17, 15) is 14.4 Å². The van der Waals surface area contributed by atoms with Gasteiger partial charge in [0.15, 0.2) is 0 Å². The first-order chi connectivity index (χ1) is 11.3. The third-order valence-electron chi connectivity index (χ3n) is 3.20. The lowest BCUT2D eigenvalue weighted by Gasteiger charge is -2.22. The maximum atomic E-state index is 12.5. The van der Waals surface area contributed by atoms with Crippen molar-refractivity contribution in [2.75, 3.05) is 7.11 Å². The Morgan fingerprint density at radius 3 is 2.29 bits per heavy atom. The third-order valence-corrected chi connectivity index (χ3v) is 3.53. The van der Waals surface area contributed by atoms with Gasteiger partial charge in [-0.05, 0) is 10.0 Å². The number of hydrogen-bond donors (Lipinski definition) is 2. The molecule has 0 heterocycles. The lowest BCUT2D eigenvalue weighted by Crippen LogP contribution is -2.52. The van der Waals surface area contributed by atoms with Crippen molar-refractivity contribution in [3.8, 4) is 0 Å². The Morgan fingerprint density at radius 1 is 1.17 bits per heavy atom. The van der Waals surface area contributed by atoms with E-state index >= 15 is 0 Å². The molecule has 24 heavy (non-hydrogen) atoms. The van der Waals surface area contributed by atoms with E-state index in [1.54, 1.807) is 0 Å². The fraction of sp³-hybridized carbons (Fsp3) is 0.353. The molecule has 0 bridgehead atoms. The van der Waals surface area contributed by atoms with E-state index in [2.05, 4.69) is 33.1 Å². The molecule has 0 aliphatic heterocycles. The normalized spacial score (nSPS) is 12.6. The van der Waals surface area contributed by atoms with Crippen LogP contribution in [0.2, 0.25) is 0 Å². The molecule has 0 saturated carbocycles. The van der Waals surface area contributed by atoms with Gasteiger partial charge in [-0.25, -0.2) is 4.79 Å². The molecule has 0 aromatic heterocycles. The van der Waals surface area contributed by atoms with Crippen LogP contribution in [0.25, 0.3) is 0 Å². The molecular weight excluding hydrogens is 376 g/mol. The molecule has 1 aromatic rings. The van der Waals surface area contributed by atoms with Crippen LogP contribution in [0.15, 0.2) is 41.4 Å². The summed E-state index contributed by atoms with van der Waals surface area (Å²) in [6, 6.07) is 7.63. The van der Waals surface area contributed by atoms with E-state index in [1.165, 1.54) is 14.0 Å². The summed E-state index contributed by atoms with van der Waals surface area (Å²) in [7, 11) is 1.24. The van der Waals surface area contributed by atoms with Crippen molar-refractivity contribution < 1.29 is 19.1 Å². The molecular formula is C17H21BrN2O4. The van der Waals surface area contributed by atoms with Crippen molar-refractivity contribution in [1.82, 2.24) is 10.6 Å². The fourth-order valence-electron chi connectivity index (χ4n) is 2.13. The van der Waals surface area contributed by atoms with Gasteiger partial charge >= 0.3 is 5.97 Å². The monoisotopic (exact) mass is 396 g/mol. The minimum absolute atomic E-state index is 0.191. The number of halogens is 1. The highest BCUT2D eigenvalue weighted by Gasteiger charge is 2.27. The highest BCUT2D eigenvalue weighted by Crippen LogP contribution is 2.12. The predicted molar refractivity (Wildman–Crippen MR) is 94.4 cm³/mol. The van der Waals surface area contributed by atoms with E-state index in [-0.39, 0.29) is 12.3 Å². The van der Waals surface area contributed by atoms with Gasteiger partial charge in [0.2, 0.25) is 11.8 Å². The first kappa shape index (κ1) is 19.9. The Labute approximate surface area is 149 Å². The highest BCUT2D eigenvalue weighted by atomic mass is 79.9. The first-order valence-corrected chi connectivity index (χ1v) is 8.15. The molecule has 1 rings (SSSR count). The number of methoxy groups -OCH3 is 1. The Morgan fingerprint density at radius 2 is 1.79 bits per heavy atom. The van der Waals surface area contributed by atoms with Crippen LogP contribution in [0.3, 0.4) is 0 Å². The molecule has 0 unspecified atom stereocenters. The molecule has 130 valence electrons. The molecule has 0 radical (unpaired) electrons. The summed E-state index contributed by atoms with van der Waals surface area (Å²) < 4.78 is 5.24. The summed E-state index contributed by atoms with van der Waals surface area (Å²) in [5.41, 5.74) is 0.894. The number of carbonyl (C=O) groups excluding carboxylic acids is 3. The van der Waals surface area contributed by atoms with E-state index in [1.807, 2.05) is 30.3 Å². The minimum Gasteiger partial charge on any atom is -0.467 e. The summed E-state index contributed by atoms with van der Waals surface area (Å²) in [5.74, 6) is -1.37. The summed E-state index contributed by atoms with van der Waals surface area (Å²) in [6.45, 7) is 5.00. The van der Waals surface area contributed by atoms with Crippen molar-refractivity contribution in [1.29, 1.82) is 0 Å². The Kier molecular flexibility index (Phi) is 8.18. The van der Waals surface area contributed by atoms with Crippen LogP contribution >= 0.6 is 15.9 Å². The molecule has 2 amide bonds. The zero-order valence-corrected chi connectivity index (χ0v) is 15.3. The second-order valence-electron chi connectivity index (χ2n) is 5.25. The van der Waals surface area contributed by atoms with E-state index in [0.29, 0.717) is 10.9 Å². The number of ether oxygens (including phenoxy) is 1. The van der Waals surface area contributed by atoms with Gasteiger partial charge < -0.3 is 15.4 Å².